The quantitative estimate of drug-likeness (QED) is 0.564. The molecule has 0 bridgehead atoms. The van der Waals surface area contributed by atoms with E-state index in [0.29, 0.717) is 6.67 Å². The number of rotatable bonds is 5. The summed E-state index contributed by atoms with van der Waals surface area (Å²) in [4.78, 5) is 2.13. The van der Waals surface area contributed by atoms with E-state index in [1.54, 1.807) is 0 Å². The summed E-state index contributed by atoms with van der Waals surface area (Å²) in [5, 5.41) is 8.63. The molecule has 0 aliphatic heterocycles. The Hall–Kier alpha value is -2.94. The van der Waals surface area contributed by atoms with Crippen molar-refractivity contribution in [1.29, 1.82) is 0 Å². The maximum atomic E-state index is 4.35. The topological polar surface area (TPSA) is 28.0 Å². The van der Waals surface area contributed by atoms with Crippen LogP contribution >= 0.6 is 0 Å². The van der Waals surface area contributed by atoms with Gasteiger partial charge in [-0.2, -0.15) is 10.2 Å². The van der Waals surface area contributed by atoms with E-state index in [4.69, 9.17) is 0 Å². The van der Waals surface area contributed by atoms with Gasteiger partial charge in [0, 0.05) is 11.4 Å². The molecule has 22 heavy (non-hydrogen) atoms. The molecule has 0 spiro atoms. The molecule has 0 heterocycles. The molecule has 0 fully saturated rings. The molecular formula is C19H17N3. The summed E-state index contributed by atoms with van der Waals surface area (Å²) in [6.07, 6.45) is 0. The second kappa shape index (κ2) is 7.18. The van der Waals surface area contributed by atoms with Crippen LogP contribution in [-0.4, -0.2) is 6.67 Å². The average molecular weight is 287 g/mol. The van der Waals surface area contributed by atoms with Crippen LogP contribution in [0.3, 0.4) is 0 Å². The summed E-state index contributed by atoms with van der Waals surface area (Å²) in [6, 6.07) is 30.2. The normalized spacial score (nSPS) is 10.7. The smallest absolute Gasteiger partial charge is 0.136 e. The monoisotopic (exact) mass is 287 g/mol. The van der Waals surface area contributed by atoms with Crippen LogP contribution in [0.4, 0.5) is 17.1 Å². The molecule has 3 rings (SSSR count). The van der Waals surface area contributed by atoms with Gasteiger partial charge in [0.25, 0.3) is 0 Å². The predicted octanol–water partition coefficient (Wildman–Crippen LogP) is 5.57. The number of anilines is 2. The van der Waals surface area contributed by atoms with Crippen molar-refractivity contribution in [3.63, 3.8) is 0 Å². The minimum Gasteiger partial charge on any atom is -0.320 e. The first kappa shape index (κ1) is 14.0. The molecule has 0 atom stereocenters. The number of benzene rings is 3. The first-order valence-corrected chi connectivity index (χ1v) is 7.24. The molecule has 0 radical (unpaired) electrons. The summed E-state index contributed by atoms with van der Waals surface area (Å²) >= 11 is 0. The predicted molar refractivity (Wildman–Crippen MR) is 90.8 cm³/mol. The number of nitrogens with zero attached hydrogens (tertiary/aromatic N) is 3. The Morgan fingerprint density at radius 3 is 1.55 bits per heavy atom. The second-order valence-corrected chi connectivity index (χ2v) is 4.82. The molecule has 3 aromatic rings. The first-order chi connectivity index (χ1) is 10.9. The molecule has 3 heteroatoms. The van der Waals surface area contributed by atoms with Crippen molar-refractivity contribution in [3.05, 3.63) is 91.0 Å². The highest BCUT2D eigenvalue weighted by atomic mass is 15.3. The lowest BCUT2D eigenvalue weighted by molar-refractivity contribution is 0.915. The Morgan fingerprint density at radius 1 is 0.591 bits per heavy atom. The van der Waals surface area contributed by atoms with Gasteiger partial charge >= 0.3 is 0 Å². The average Bonchev–Trinajstić information content (AvgIpc) is 2.61. The Labute approximate surface area is 130 Å². The number of azo groups is 1. The zero-order valence-electron chi connectivity index (χ0n) is 12.2. The molecule has 3 nitrogen and oxygen atoms in total. The molecule has 0 saturated carbocycles. The fourth-order valence-electron chi connectivity index (χ4n) is 2.20. The van der Waals surface area contributed by atoms with Crippen LogP contribution in [0.5, 0.6) is 0 Å². The molecule has 0 amide bonds. The maximum absolute atomic E-state index is 4.35. The van der Waals surface area contributed by atoms with Crippen LogP contribution in [-0.2, 0) is 0 Å². The number of para-hydroxylation sites is 2. The summed E-state index contributed by atoms with van der Waals surface area (Å²) in [6.45, 7) is 0.475. The molecule has 0 aromatic heterocycles. The molecule has 108 valence electrons. The van der Waals surface area contributed by atoms with Gasteiger partial charge in [-0.25, -0.2) is 0 Å². The van der Waals surface area contributed by atoms with Gasteiger partial charge in [-0.05, 0) is 36.4 Å². The van der Waals surface area contributed by atoms with Crippen LogP contribution in [0.15, 0.2) is 101 Å². The summed E-state index contributed by atoms with van der Waals surface area (Å²) in [5.74, 6) is 0. The van der Waals surface area contributed by atoms with E-state index < -0.39 is 0 Å². The lowest BCUT2D eigenvalue weighted by atomic mass is 10.2. The van der Waals surface area contributed by atoms with E-state index in [1.807, 2.05) is 66.7 Å². The Kier molecular flexibility index (Phi) is 4.57. The van der Waals surface area contributed by atoms with Crippen LogP contribution in [0.1, 0.15) is 0 Å². The standard InChI is InChI=1S/C19H17N3/c1-4-10-17(11-5-1)21-20-16-22(18-12-6-2-7-13-18)19-14-8-3-9-15-19/h1-15H,16H2. The summed E-state index contributed by atoms with van der Waals surface area (Å²) in [7, 11) is 0. The van der Waals surface area contributed by atoms with Crippen molar-refractivity contribution < 1.29 is 0 Å². The van der Waals surface area contributed by atoms with E-state index in [-0.39, 0.29) is 0 Å². The van der Waals surface area contributed by atoms with Crippen molar-refractivity contribution in [2.24, 2.45) is 10.2 Å². The second-order valence-electron chi connectivity index (χ2n) is 4.82. The molecule has 0 aliphatic rings. The highest BCUT2D eigenvalue weighted by Gasteiger charge is 2.07. The zero-order chi connectivity index (χ0) is 15.0. The molecule has 3 aromatic carbocycles. The Morgan fingerprint density at radius 2 is 1.05 bits per heavy atom. The van der Waals surface area contributed by atoms with Gasteiger partial charge in [0.15, 0.2) is 0 Å². The van der Waals surface area contributed by atoms with Crippen LogP contribution in [0.2, 0.25) is 0 Å². The molecule has 0 aliphatic carbocycles. The van der Waals surface area contributed by atoms with Crippen molar-refractivity contribution in [3.8, 4) is 0 Å². The molecule has 0 N–H and O–H groups in total. The van der Waals surface area contributed by atoms with E-state index in [1.165, 1.54) is 0 Å². The van der Waals surface area contributed by atoms with Gasteiger partial charge in [-0.1, -0.05) is 54.6 Å². The first-order valence-electron chi connectivity index (χ1n) is 7.24. The number of hydrogen-bond acceptors (Lipinski definition) is 3. The third kappa shape index (κ3) is 3.58. The Bertz CT molecular complexity index is 670. The van der Waals surface area contributed by atoms with Crippen LogP contribution < -0.4 is 4.90 Å². The lowest BCUT2D eigenvalue weighted by Crippen LogP contribution is -2.16. The van der Waals surface area contributed by atoms with Gasteiger partial charge in [-0.15, -0.1) is 0 Å². The Balaban J connectivity index is 1.82. The summed E-state index contributed by atoms with van der Waals surface area (Å²) < 4.78 is 0. The fourth-order valence-corrected chi connectivity index (χ4v) is 2.20. The van der Waals surface area contributed by atoms with Gasteiger partial charge in [0.1, 0.15) is 6.67 Å². The fraction of sp³-hybridized carbons (Fsp3) is 0.0526. The highest BCUT2D eigenvalue weighted by Crippen LogP contribution is 2.24. The highest BCUT2D eigenvalue weighted by molar-refractivity contribution is 5.62. The van der Waals surface area contributed by atoms with Gasteiger partial charge in [-0.3, -0.25) is 0 Å². The van der Waals surface area contributed by atoms with E-state index in [9.17, 15) is 0 Å². The maximum Gasteiger partial charge on any atom is 0.136 e. The van der Waals surface area contributed by atoms with Gasteiger partial charge in [0.2, 0.25) is 0 Å². The van der Waals surface area contributed by atoms with Gasteiger partial charge in [0.05, 0.1) is 5.69 Å². The minimum atomic E-state index is 0.475. The van der Waals surface area contributed by atoms with E-state index >= 15 is 0 Å². The van der Waals surface area contributed by atoms with Gasteiger partial charge < -0.3 is 4.90 Å². The third-order valence-corrected chi connectivity index (χ3v) is 3.28. The van der Waals surface area contributed by atoms with Crippen molar-refractivity contribution in [2.45, 2.75) is 0 Å². The molecular weight excluding hydrogens is 270 g/mol. The number of hydrogen-bond donors (Lipinski definition) is 0. The molecule has 0 unspecified atom stereocenters. The SMILES string of the molecule is c1ccc(N=NCN(c2ccccc2)c2ccccc2)cc1. The minimum absolute atomic E-state index is 0.475. The van der Waals surface area contributed by atoms with E-state index in [0.717, 1.165) is 17.1 Å². The van der Waals surface area contributed by atoms with Crippen molar-refractivity contribution >= 4 is 17.1 Å². The van der Waals surface area contributed by atoms with Crippen molar-refractivity contribution in [2.75, 3.05) is 11.6 Å². The van der Waals surface area contributed by atoms with Crippen LogP contribution in [0, 0.1) is 0 Å². The summed E-state index contributed by atoms with van der Waals surface area (Å²) in [5.41, 5.74) is 3.06. The third-order valence-electron chi connectivity index (χ3n) is 3.28. The largest absolute Gasteiger partial charge is 0.320 e. The van der Waals surface area contributed by atoms with E-state index in [2.05, 4.69) is 39.4 Å². The zero-order valence-corrected chi connectivity index (χ0v) is 12.2. The van der Waals surface area contributed by atoms with Crippen molar-refractivity contribution in [1.82, 2.24) is 0 Å². The van der Waals surface area contributed by atoms with Crippen LogP contribution in [0.25, 0.3) is 0 Å². The molecule has 0 saturated heterocycles. The lowest BCUT2D eigenvalue weighted by Gasteiger charge is -2.22.